The van der Waals surface area contributed by atoms with Crippen molar-refractivity contribution in [2.45, 2.75) is 25.4 Å². The highest BCUT2D eigenvalue weighted by atomic mass is 127. The monoisotopic (exact) mass is 554 g/mol. The third-order valence-corrected chi connectivity index (χ3v) is 5.70. The lowest BCUT2D eigenvalue weighted by Crippen LogP contribution is -2.42. The Morgan fingerprint density at radius 2 is 1.62 bits per heavy atom. The topological polar surface area (TPSA) is 67.4 Å². The number of para-hydroxylation sites is 2. The van der Waals surface area contributed by atoms with Crippen LogP contribution in [-0.4, -0.2) is 58.9 Å². The smallest absolute Gasteiger partial charge is 0.191 e. The van der Waals surface area contributed by atoms with Crippen LogP contribution in [0.4, 0.5) is 0 Å². The first kappa shape index (κ1) is 26.1. The third kappa shape index (κ3) is 6.41. The highest BCUT2D eigenvalue weighted by Gasteiger charge is 2.26. The van der Waals surface area contributed by atoms with Crippen molar-refractivity contribution in [2.24, 2.45) is 4.99 Å². The van der Waals surface area contributed by atoms with E-state index >= 15 is 0 Å². The fraction of sp³-hybridized carbons (Fsp3) is 0.458. The summed E-state index contributed by atoms with van der Waals surface area (Å²) in [6.45, 7) is 3.49. The summed E-state index contributed by atoms with van der Waals surface area (Å²) >= 11 is 0. The van der Waals surface area contributed by atoms with Crippen LogP contribution >= 0.6 is 24.0 Å². The fourth-order valence-corrected chi connectivity index (χ4v) is 4.12. The number of nitrogens with one attached hydrogen (secondary N) is 2. The van der Waals surface area contributed by atoms with Gasteiger partial charge in [0.25, 0.3) is 0 Å². The Bertz CT molecular complexity index is 872. The van der Waals surface area contributed by atoms with Crippen LogP contribution in [0.15, 0.2) is 47.5 Å². The number of benzene rings is 2. The number of guanidine groups is 1. The largest absolute Gasteiger partial charge is 0.496 e. The predicted molar refractivity (Wildman–Crippen MR) is 140 cm³/mol. The highest BCUT2D eigenvalue weighted by Crippen LogP contribution is 2.32. The van der Waals surface area contributed by atoms with E-state index in [9.17, 15) is 0 Å². The van der Waals surface area contributed by atoms with Gasteiger partial charge < -0.3 is 24.8 Å². The second-order valence-corrected chi connectivity index (χ2v) is 7.46. The highest BCUT2D eigenvalue weighted by molar-refractivity contribution is 14.0. The van der Waals surface area contributed by atoms with E-state index in [1.807, 2.05) is 30.3 Å². The molecule has 7 nitrogen and oxygen atoms in total. The molecule has 1 aliphatic heterocycles. The minimum Gasteiger partial charge on any atom is -0.496 e. The van der Waals surface area contributed by atoms with Gasteiger partial charge in [-0.15, -0.1) is 24.0 Å². The van der Waals surface area contributed by atoms with Gasteiger partial charge >= 0.3 is 0 Å². The summed E-state index contributed by atoms with van der Waals surface area (Å²) in [5, 5.41) is 6.89. The second kappa shape index (κ2) is 13.4. The summed E-state index contributed by atoms with van der Waals surface area (Å²) in [4.78, 5) is 6.93. The molecular formula is C24H35IN4O3. The molecule has 0 aliphatic carbocycles. The van der Waals surface area contributed by atoms with Crippen molar-refractivity contribution in [3.63, 3.8) is 0 Å². The molecule has 1 atom stereocenters. The van der Waals surface area contributed by atoms with Crippen molar-refractivity contribution < 1.29 is 14.2 Å². The number of rotatable bonds is 9. The van der Waals surface area contributed by atoms with E-state index in [4.69, 9.17) is 14.2 Å². The number of aliphatic imine (C=N–C) groups is 1. The van der Waals surface area contributed by atoms with Gasteiger partial charge in [-0.3, -0.25) is 9.89 Å². The van der Waals surface area contributed by atoms with E-state index in [2.05, 4.69) is 32.7 Å². The predicted octanol–water partition coefficient (Wildman–Crippen LogP) is 3.83. The lowest BCUT2D eigenvalue weighted by Gasteiger charge is -2.30. The maximum absolute atomic E-state index is 5.65. The van der Waals surface area contributed by atoms with Crippen molar-refractivity contribution in [3.8, 4) is 17.2 Å². The zero-order valence-corrected chi connectivity index (χ0v) is 21.7. The number of ether oxygens (including phenoxy) is 3. The quantitative estimate of drug-likeness (QED) is 0.279. The summed E-state index contributed by atoms with van der Waals surface area (Å²) < 4.78 is 16.6. The first-order chi connectivity index (χ1) is 15.2. The number of halogens is 1. The molecule has 8 heteroatoms. The van der Waals surface area contributed by atoms with E-state index in [-0.39, 0.29) is 30.0 Å². The summed E-state index contributed by atoms with van der Waals surface area (Å²) in [5.74, 6) is 3.11. The van der Waals surface area contributed by atoms with Gasteiger partial charge in [-0.2, -0.15) is 0 Å². The molecule has 2 N–H and O–H groups in total. The van der Waals surface area contributed by atoms with Crippen LogP contribution in [0.3, 0.4) is 0 Å². The number of hydrogen-bond acceptors (Lipinski definition) is 5. The van der Waals surface area contributed by atoms with Crippen molar-refractivity contribution in [1.82, 2.24) is 15.5 Å². The van der Waals surface area contributed by atoms with Gasteiger partial charge in [0.15, 0.2) is 17.5 Å². The molecule has 0 spiro atoms. The van der Waals surface area contributed by atoms with Crippen molar-refractivity contribution in [1.29, 1.82) is 0 Å². The molecule has 1 aliphatic rings. The van der Waals surface area contributed by atoms with Crippen LogP contribution in [0.25, 0.3) is 0 Å². The first-order valence-corrected chi connectivity index (χ1v) is 10.7. The number of likely N-dealkylation sites (tertiary alicyclic amines) is 1. The van der Waals surface area contributed by atoms with Crippen LogP contribution in [0, 0.1) is 0 Å². The molecule has 1 fully saturated rings. The van der Waals surface area contributed by atoms with Crippen LogP contribution in [0.5, 0.6) is 17.2 Å². The Hall–Kier alpha value is -2.20. The molecule has 0 amide bonds. The van der Waals surface area contributed by atoms with Gasteiger partial charge in [0.05, 0.1) is 27.4 Å². The maximum atomic E-state index is 5.65. The van der Waals surface area contributed by atoms with E-state index in [0.717, 1.165) is 48.4 Å². The number of methoxy groups -OCH3 is 3. The Labute approximate surface area is 208 Å². The van der Waals surface area contributed by atoms with E-state index in [0.29, 0.717) is 6.54 Å². The van der Waals surface area contributed by atoms with Gasteiger partial charge in [-0.05, 0) is 38.1 Å². The SMILES string of the molecule is CN=C(NCc1cccc(OC)c1OC)NCC(c1ccccc1OC)N1CCCC1.I. The van der Waals surface area contributed by atoms with Crippen LogP contribution < -0.4 is 24.8 Å². The van der Waals surface area contributed by atoms with Crippen molar-refractivity contribution in [2.75, 3.05) is 48.0 Å². The van der Waals surface area contributed by atoms with Crippen LogP contribution in [-0.2, 0) is 6.54 Å². The fourth-order valence-electron chi connectivity index (χ4n) is 4.12. The zero-order chi connectivity index (χ0) is 22.1. The summed E-state index contributed by atoms with van der Waals surface area (Å²) in [6, 6.07) is 14.3. The second-order valence-electron chi connectivity index (χ2n) is 7.46. The minimum atomic E-state index is 0. The van der Waals surface area contributed by atoms with Crippen LogP contribution in [0.1, 0.15) is 30.0 Å². The maximum Gasteiger partial charge on any atom is 0.191 e. The molecule has 2 aromatic carbocycles. The molecule has 0 bridgehead atoms. The standard InChI is InChI=1S/C24H34N4O3.HI/c1-25-24(26-16-18-10-9-13-22(30-3)23(18)31-4)27-17-20(28-14-7-8-15-28)19-11-5-6-12-21(19)29-2;/h5-6,9-13,20H,7-8,14-17H2,1-4H3,(H2,25,26,27);1H. The Morgan fingerprint density at radius 3 is 2.28 bits per heavy atom. The van der Waals surface area contributed by atoms with Gasteiger partial charge in [0.2, 0.25) is 0 Å². The molecule has 1 heterocycles. The first-order valence-electron chi connectivity index (χ1n) is 10.7. The molecule has 0 saturated carbocycles. The molecule has 1 saturated heterocycles. The van der Waals surface area contributed by atoms with E-state index in [1.54, 1.807) is 28.4 Å². The van der Waals surface area contributed by atoms with Gasteiger partial charge in [0, 0.05) is 31.3 Å². The Balaban J connectivity index is 0.00000363. The summed E-state index contributed by atoms with van der Waals surface area (Å²) in [7, 11) is 6.82. The van der Waals surface area contributed by atoms with Crippen molar-refractivity contribution in [3.05, 3.63) is 53.6 Å². The Morgan fingerprint density at radius 1 is 0.938 bits per heavy atom. The molecule has 2 aromatic rings. The summed E-state index contributed by atoms with van der Waals surface area (Å²) in [6.07, 6.45) is 2.46. The number of hydrogen-bond donors (Lipinski definition) is 2. The molecule has 0 aromatic heterocycles. The van der Waals surface area contributed by atoms with Crippen LogP contribution in [0.2, 0.25) is 0 Å². The lowest BCUT2D eigenvalue weighted by molar-refractivity contribution is 0.239. The third-order valence-electron chi connectivity index (χ3n) is 5.70. The van der Waals surface area contributed by atoms with Gasteiger partial charge in [-0.25, -0.2) is 0 Å². The molecule has 32 heavy (non-hydrogen) atoms. The Kier molecular flexibility index (Phi) is 10.9. The molecule has 3 rings (SSSR count). The van der Waals surface area contributed by atoms with Gasteiger partial charge in [0.1, 0.15) is 5.75 Å². The molecule has 0 radical (unpaired) electrons. The lowest BCUT2D eigenvalue weighted by atomic mass is 10.0. The minimum absolute atomic E-state index is 0. The van der Waals surface area contributed by atoms with Gasteiger partial charge in [-0.1, -0.05) is 30.3 Å². The van der Waals surface area contributed by atoms with E-state index < -0.39 is 0 Å². The summed E-state index contributed by atoms with van der Waals surface area (Å²) in [5.41, 5.74) is 2.20. The van der Waals surface area contributed by atoms with Crippen molar-refractivity contribution >= 4 is 29.9 Å². The molecular weight excluding hydrogens is 519 g/mol. The molecule has 176 valence electrons. The van der Waals surface area contributed by atoms with E-state index in [1.165, 1.54) is 18.4 Å². The average Bonchev–Trinajstić information content (AvgIpc) is 3.35. The zero-order valence-electron chi connectivity index (χ0n) is 19.4. The number of nitrogens with zero attached hydrogens (tertiary/aromatic N) is 2. The normalized spacial score (nSPS) is 14.9. The molecule has 1 unspecified atom stereocenters. The average molecular weight is 554 g/mol.